The van der Waals surface area contributed by atoms with Crippen molar-refractivity contribution in [3.63, 3.8) is 0 Å². The van der Waals surface area contributed by atoms with Crippen LogP contribution in [0.15, 0.2) is 41.5 Å². The SMILES string of the molecule is Cc1ncsc1CCOc1ccc(NC2=CC(=O)N(CCO)C2=O)cc1. The van der Waals surface area contributed by atoms with Gasteiger partial charge in [0.25, 0.3) is 11.8 Å². The van der Waals surface area contributed by atoms with Gasteiger partial charge in [0, 0.05) is 23.1 Å². The molecule has 0 radical (unpaired) electrons. The average molecular weight is 373 g/mol. The van der Waals surface area contributed by atoms with Crippen LogP contribution in [0.4, 0.5) is 5.69 Å². The Morgan fingerprint density at radius 1 is 1.27 bits per heavy atom. The number of amides is 2. The first-order valence-corrected chi connectivity index (χ1v) is 9.03. The number of aliphatic hydroxyl groups is 1. The molecule has 26 heavy (non-hydrogen) atoms. The molecule has 3 rings (SSSR count). The molecule has 0 fully saturated rings. The minimum atomic E-state index is -0.440. The van der Waals surface area contributed by atoms with E-state index in [0.717, 1.165) is 22.8 Å². The second-order valence-corrected chi connectivity index (χ2v) is 6.62. The van der Waals surface area contributed by atoms with E-state index in [1.165, 1.54) is 11.0 Å². The molecule has 2 N–H and O–H groups in total. The number of imide groups is 1. The maximum Gasteiger partial charge on any atom is 0.277 e. The average Bonchev–Trinajstić information content (AvgIpc) is 3.15. The number of ether oxygens (including phenoxy) is 1. The van der Waals surface area contributed by atoms with Crippen molar-refractivity contribution in [3.05, 3.63) is 52.1 Å². The highest BCUT2D eigenvalue weighted by Gasteiger charge is 2.30. The van der Waals surface area contributed by atoms with E-state index in [4.69, 9.17) is 9.84 Å². The van der Waals surface area contributed by atoms with Gasteiger partial charge in [0.05, 0.1) is 31.0 Å². The fourth-order valence-electron chi connectivity index (χ4n) is 2.53. The Balaban J connectivity index is 1.53. The van der Waals surface area contributed by atoms with Crippen molar-refractivity contribution in [2.24, 2.45) is 0 Å². The van der Waals surface area contributed by atoms with Gasteiger partial charge in [-0.2, -0.15) is 0 Å². The topological polar surface area (TPSA) is 91.8 Å². The lowest BCUT2D eigenvalue weighted by Gasteiger charge is -2.13. The molecule has 0 saturated heterocycles. The highest BCUT2D eigenvalue weighted by atomic mass is 32.1. The van der Waals surface area contributed by atoms with Crippen molar-refractivity contribution in [2.45, 2.75) is 13.3 Å². The van der Waals surface area contributed by atoms with E-state index in [9.17, 15) is 9.59 Å². The van der Waals surface area contributed by atoms with Gasteiger partial charge in [-0.1, -0.05) is 0 Å². The second-order valence-electron chi connectivity index (χ2n) is 5.69. The molecule has 0 saturated carbocycles. The third-order valence-electron chi connectivity index (χ3n) is 3.91. The van der Waals surface area contributed by atoms with Gasteiger partial charge in [0.1, 0.15) is 11.4 Å². The minimum Gasteiger partial charge on any atom is -0.493 e. The number of benzene rings is 1. The molecule has 1 aromatic carbocycles. The van der Waals surface area contributed by atoms with Crippen LogP contribution >= 0.6 is 11.3 Å². The molecule has 1 aliphatic heterocycles. The van der Waals surface area contributed by atoms with E-state index in [2.05, 4.69) is 10.3 Å². The maximum atomic E-state index is 12.1. The lowest BCUT2D eigenvalue weighted by molar-refractivity contribution is -0.137. The number of aromatic nitrogens is 1. The number of nitrogens with one attached hydrogen (secondary N) is 1. The lowest BCUT2D eigenvalue weighted by atomic mass is 10.3. The van der Waals surface area contributed by atoms with Gasteiger partial charge in [-0.25, -0.2) is 4.98 Å². The molecule has 2 heterocycles. The minimum absolute atomic E-state index is 0.00857. The van der Waals surface area contributed by atoms with Crippen molar-refractivity contribution in [1.82, 2.24) is 9.88 Å². The number of aliphatic hydroxyl groups excluding tert-OH is 1. The Bertz CT molecular complexity index is 829. The van der Waals surface area contributed by atoms with E-state index < -0.39 is 11.8 Å². The molecule has 0 aliphatic carbocycles. The van der Waals surface area contributed by atoms with Crippen LogP contribution in [0, 0.1) is 6.92 Å². The van der Waals surface area contributed by atoms with Crippen LogP contribution in [0.3, 0.4) is 0 Å². The fourth-order valence-corrected chi connectivity index (χ4v) is 3.29. The molecule has 2 amide bonds. The molecule has 0 atom stereocenters. The van der Waals surface area contributed by atoms with Crippen LogP contribution in [-0.4, -0.2) is 46.6 Å². The number of carbonyl (C=O) groups is 2. The number of nitrogens with zero attached hydrogens (tertiary/aromatic N) is 2. The smallest absolute Gasteiger partial charge is 0.277 e. The molecule has 0 spiro atoms. The molecular formula is C18H19N3O4S. The number of hydrogen-bond donors (Lipinski definition) is 2. The zero-order valence-electron chi connectivity index (χ0n) is 14.3. The molecule has 136 valence electrons. The Hall–Kier alpha value is -2.71. The summed E-state index contributed by atoms with van der Waals surface area (Å²) in [5.74, 6) is -0.142. The normalized spacial score (nSPS) is 13.9. The van der Waals surface area contributed by atoms with Gasteiger partial charge in [0.2, 0.25) is 0 Å². The molecule has 0 bridgehead atoms. The van der Waals surface area contributed by atoms with Gasteiger partial charge >= 0.3 is 0 Å². The first-order chi connectivity index (χ1) is 12.6. The zero-order chi connectivity index (χ0) is 18.5. The maximum absolute atomic E-state index is 12.1. The van der Waals surface area contributed by atoms with E-state index >= 15 is 0 Å². The Kier molecular flexibility index (Phi) is 5.65. The summed E-state index contributed by atoms with van der Waals surface area (Å²) in [6.45, 7) is 2.28. The quantitative estimate of drug-likeness (QED) is 0.685. The summed E-state index contributed by atoms with van der Waals surface area (Å²) < 4.78 is 5.73. The van der Waals surface area contributed by atoms with Gasteiger partial charge in [0.15, 0.2) is 0 Å². The molecule has 2 aromatic rings. The molecule has 7 nitrogen and oxygen atoms in total. The highest BCUT2D eigenvalue weighted by molar-refractivity contribution is 7.09. The molecule has 0 unspecified atom stereocenters. The van der Waals surface area contributed by atoms with Crippen molar-refractivity contribution >= 4 is 28.8 Å². The number of thiazole rings is 1. The van der Waals surface area contributed by atoms with Crippen LogP contribution in [0.1, 0.15) is 10.6 Å². The van der Waals surface area contributed by atoms with Gasteiger partial charge in [-0.3, -0.25) is 14.5 Å². The van der Waals surface area contributed by atoms with Crippen LogP contribution in [0.5, 0.6) is 5.75 Å². The highest BCUT2D eigenvalue weighted by Crippen LogP contribution is 2.21. The van der Waals surface area contributed by atoms with Crippen LogP contribution in [-0.2, 0) is 16.0 Å². The van der Waals surface area contributed by atoms with E-state index in [-0.39, 0.29) is 18.8 Å². The van der Waals surface area contributed by atoms with E-state index in [1.54, 1.807) is 35.6 Å². The number of carbonyl (C=O) groups excluding carboxylic acids is 2. The van der Waals surface area contributed by atoms with Crippen molar-refractivity contribution in [1.29, 1.82) is 0 Å². The summed E-state index contributed by atoms with van der Waals surface area (Å²) in [7, 11) is 0. The molecule has 1 aromatic heterocycles. The van der Waals surface area contributed by atoms with E-state index in [0.29, 0.717) is 12.3 Å². The van der Waals surface area contributed by atoms with Crippen molar-refractivity contribution < 1.29 is 19.4 Å². The largest absolute Gasteiger partial charge is 0.493 e. The van der Waals surface area contributed by atoms with Crippen LogP contribution in [0.2, 0.25) is 0 Å². The number of hydrogen-bond acceptors (Lipinski definition) is 7. The summed E-state index contributed by atoms with van der Waals surface area (Å²) in [6, 6.07) is 7.16. The first-order valence-electron chi connectivity index (χ1n) is 8.15. The van der Waals surface area contributed by atoms with Gasteiger partial charge in [-0.05, 0) is 31.2 Å². The summed E-state index contributed by atoms with van der Waals surface area (Å²) in [6.07, 6.45) is 2.04. The van der Waals surface area contributed by atoms with Gasteiger partial charge < -0.3 is 15.2 Å². The Labute approximate surface area is 154 Å². The van der Waals surface area contributed by atoms with E-state index in [1.807, 2.05) is 12.4 Å². The predicted molar refractivity (Wildman–Crippen MR) is 98.0 cm³/mol. The zero-order valence-corrected chi connectivity index (χ0v) is 15.1. The lowest BCUT2D eigenvalue weighted by Crippen LogP contribution is -2.34. The molecule has 1 aliphatic rings. The monoisotopic (exact) mass is 373 g/mol. The third-order valence-corrected chi connectivity index (χ3v) is 4.90. The number of rotatable bonds is 8. The number of aryl methyl sites for hydroxylation is 1. The number of β-amino-alcohol motifs (C(OH)–C–C–N with tert-alkyl or cyclic N) is 1. The second kappa shape index (κ2) is 8.11. The summed E-state index contributed by atoms with van der Waals surface area (Å²) in [5.41, 5.74) is 3.74. The first kappa shape index (κ1) is 18.1. The van der Waals surface area contributed by atoms with Crippen molar-refractivity contribution in [3.8, 4) is 5.75 Å². The number of anilines is 1. The summed E-state index contributed by atoms with van der Waals surface area (Å²) in [5, 5.41) is 11.8. The standard InChI is InChI=1S/C18H19N3O4S/c1-12-16(26-11-19-12)6-9-25-14-4-2-13(3-5-14)20-15-10-17(23)21(7-8-22)18(15)24/h2-5,10-11,20,22H,6-9H2,1H3. The fraction of sp³-hybridized carbons (Fsp3) is 0.278. The third kappa shape index (κ3) is 4.09. The van der Waals surface area contributed by atoms with Crippen molar-refractivity contribution in [2.75, 3.05) is 25.1 Å². The molecular weight excluding hydrogens is 354 g/mol. The van der Waals surface area contributed by atoms with Crippen LogP contribution in [0.25, 0.3) is 0 Å². The molecule has 8 heteroatoms. The van der Waals surface area contributed by atoms with Gasteiger partial charge in [-0.15, -0.1) is 11.3 Å². The Morgan fingerprint density at radius 2 is 2.04 bits per heavy atom. The summed E-state index contributed by atoms with van der Waals surface area (Å²) >= 11 is 1.62. The predicted octanol–water partition coefficient (Wildman–Crippen LogP) is 1.73. The Morgan fingerprint density at radius 3 is 2.69 bits per heavy atom. The summed E-state index contributed by atoms with van der Waals surface area (Å²) in [4.78, 5) is 30.2. The van der Waals surface area contributed by atoms with Crippen LogP contribution < -0.4 is 10.1 Å².